The molecule has 0 spiro atoms. The molecule has 1 unspecified atom stereocenters. The minimum absolute atomic E-state index is 0.597. The normalized spacial score (nSPS) is 14.8. The van der Waals surface area contributed by atoms with Crippen molar-refractivity contribution in [1.82, 2.24) is 9.88 Å². The second-order valence-electron chi connectivity index (χ2n) is 10.3. The average Bonchev–Trinajstić information content (AvgIpc) is 3.20. The smallest absolute Gasteiger partial charge is 0.337 e. The fourth-order valence-corrected chi connectivity index (χ4v) is 4.95. The van der Waals surface area contributed by atoms with Gasteiger partial charge in [-0.3, -0.25) is 9.88 Å². The summed E-state index contributed by atoms with van der Waals surface area (Å²) >= 11 is 0. The minimum atomic E-state index is -1.05. The number of pyridine rings is 1. The lowest BCUT2D eigenvalue weighted by atomic mass is 9.83. The molecule has 3 aromatic rings. The summed E-state index contributed by atoms with van der Waals surface area (Å²) in [6, 6.07) is 12.4. The predicted octanol–water partition coefficient (Wildman–Crippen LogP) is 6.13. The highest BCUT2D eigenvalue weighted by atomic mass is 16.5. The Kier molecular flexibility index (Phi) is 6.61. The summed E-state index contributed by atoms with van der Waals surface area (Å²) in [5.41, 5.74) is 9.26. The molecular formula is C29H34N2O3. The molecule has 5 nitrogen and oxygen atoms in total. The van der Waals surface area contributed by atoms with Gasteiger partial charge >= 0.3 is 5.97 Å². The van der Waals surface area contributed by atoms with E-state index in [1.54, 1.807) is 0 Å². The maximum atomic E-state index is 12.5. The van der Waals surface area contributed by atoms with E-state index in [1.807, 2.05) is 45.3 Å². The second kappa shape index (κ2) is 9.32. The molecular weight excluding hydrogens is 424 g/mol. The first-order valence-corrected chi connectivity index (χ1v) is 11.8. The number of nitrogens with zero attached hydrogens (tertiary/aromatic N) is 2. The lowest BCUT2D eigenvalue weighted by Crippen LogP contribution is -2.28. The number of aryl methyl sites for hydroxylation is 1. The monoisotopic (exact) mass is 458 g/mol. The first-order chi connectivity index (χ1) is 16.0. The van der Waals surface area contributed by atoms with Gasteiger partial charge in [0.05, 0.1) is 5.60 Å². The molecule has 5 heteroatoms. The van der Waals surface area contributed by atoms with Crippen LogP contribution in [0, 0.1) is 20.8 Å². The molecule has 1 aromatic heterocycles. The highest BCUT2D eigenvalue weighted by molar-refractivity contribution is 5.84. The van der Waals surface area contributed by atoms with Gasteiger partial charge in [-0.15, -0.1) is 0 Å². The van der Waals surface area contributed by atoms with Crippen molar-refractivity contribution >= 4 is 5.97 Å². The quantitative estimate of drug-likeness (QED) is 0.481. The third kappa shape index (κ3) is 4.91. The van der Waals surface area contributed by atoms with Crippen LogP contribution in [0.25, 0.3) is 11.1 Å². The Morgan fingerprint density at radius 1 is 1.00 bits per heavy atom. The van der Waals surface area contributed by atoms with Crippen LogP contribution in [0.3, 0.4) is 0 Å². The third-order valence-electron chi connectivity index (χ3n) is 6.54. The number of ether oxygens (including phenoxy) is 1. The van der Waals surface area contributed by atoms with E-state index in [0.717, 1.165) is 47.5 Å². The van der Waals surface area contributed by atoms with Crippen LogP contribution in [0.4, 0.5) is 0 Å². The molecule has 0 fully saturated rings. The van der Waals surface area contributed by atoms with E-state index in [4.69, 9.17) is 4.74 Å². The fourth-order valence-electron chi connectivity index (χ4n) is 4.95. The average molecular weight is 459 g/mol. The maximum Gasteiger partial charge on any atom is 0.337 e. The van der Waals surface area contributed by atoms with Crippen LogP contribution in [0.15, 0.2) is 48.8 Å². The molecule has 178 valence electrons. The molecule has 1 N–H and O–H groups in total. The lowest BCUT2D eigenvalue weighted by Gasteiger charge is -2.30. The van der Waals surface area contributed by atoms with Gasteiger partial charge in [0.2, 0.25) is 0 Å². The highest BCUT2D eigenvalue weighted by Gasteiger charge is 2.35. The number of carbonyl (C=O) groups is 1. The van der Waals surface area contributed by atoms with E-state index >= 15 is 0 Å². The van der Waals surface area contributed by atoms with E-state index in [2.05, 4.69) is 54.9 Å². The topological polar surface area (TPSA) is 62.7 Å². The van der Waals surface area contributed by atoms with Crippen molar-refractivity contribution in [3.05, 3.63) is 87.7 Å². The fraction of sp³-hybridized carbons (Fsp3) is 0.379. The van der Waals surface area contributed by atoms with Crippen LogP contribution >= 0.6 is 0 Å². The van der Waals surface area contributed by atoms with Crippen molar-refractivity contribution in [2.45, 2.75) is 72.9 Å². The zero-order chi connectivity index (χ0) is 24.6. The highest BCUT2D eigenvalue weighted by Crippen LogP contribution is 2.43. The molecule has 0 aliphatic carbocycles. The van der Waals surface area contributed by atoms with E-state index in [-0.39, 0.29) is 0 Å². The zero-order valence-electron chi connectivity index (χ0n) is 21.0. The van der Waals surface area contributed by atoms with Gasteiger partial charge in [0.25, 0.3) is 0 Å². The van der Waals surface area contributed by atoms with Crippen LogP contribution in [-0.4, -0.2) is 26.6 Å². The zero-order valence-corrected chi connectivity index (χ0v) is 21.0. The number of aliphatic carboxylic acids is 1. The van der Waals surface area contributed by atoms with Crippen molar-refractivity contribution < 1.29 is 14.6 Å². The van der Waals surface area contributed by atoms with Crippen molar-refractivity contribution in [3.63, 3.8) is 0 Å². The van der Waals surface area contributed by atoms with E-state index < -0.39 is 17.7 Å². The van der Waals surface area contributed by atoms with Crippen LogP contribution in [-0.2, 0) is 29.2 Å². The number of aromatic nitrogens is 1. The van der Waals surface area contributed by atoms with Crippen LogP contribution in [0.1, 0.15) is 65.8 Å². The van der Waals surface area contributed by atoms with Gasteiger partial charge in [0.1, 0.15) is 0 Å². The molecule has 0 saturated carbocycles. The molecule has 1 atom stereocenters. The van der Waals surface area contributed by atoms with Crippen LogP contribution < -0.4 is 0 Å². The van der Waals surface area contributed by atoms with Gasteiger partial charge in [0, 0.05) is 37.6 Å². The van der Waals surface area contributed by atoms with Crippen LogP contribution in [0.5, 0.6) is 0 Å². The van der Waals surface area contributed by atoms with E-state index in [0.29, 0.717) is 0 Å². The number of hydrogen-bond donors (Lipinski definition) is 1. The summed E-state index contributed by atoms with van der Waals surface area (Å²) < 4.78 is 6.17. The molecule has 1 aliphatic rings. The molecule has 2 heterocycles. The Hall–Kier alpha value is -3.02. The second-order valence-corrected chi connectivity index (χ2v) is 10.3. The van der Waals surface area contributed by atoms with Crippen molar-refractivity contribution in [1.29, 1.82) is 0 Å². The Balaban J connectivity index is 1.87. The number of fused-ring (bicyclic) bond motifs is 1. The summed E-state index contributed by atoms with van der Waals surface area (Å²) in [5.74, 6) is -0.961. The molecule has 0 radical (unpaired) electrons. The van der Waals surface area contributed by atoms with Gasteiger partial charge in [-0.1, -0.05) is 29.8 Å². The van der Waals surface area contributed by atoms with E-state index in [9.17, 15) is 9.90 Å². The molecule has 34 heavy (non-hydrogen) atoms. The van der Waals surface area contributed by atoms with Gasteiger partial charge < -0.3 is 9.84 Å². The van der Waals surface area contributed by atoms with Crippen molar-refractivity contribution in [3.8, 4) is 11.1 Å². The standard InChI is InChI=1S/C29H34N2O3/c1-18-7-9-22(10-8-18)25-19(2)23-16-31(15-21-11-13-30-14-12-21)17-24(23)20(3)26(25)27(28(32)33)34-29(4,5)6/h7-14,27H,15-17H2,1-6H3,(H,32,33). The number of hydrogen-bond acceptors (Lipinski definition) is 4. The summed E-state index contributed by atoms with van der Waals surface area (Å²) in [5, 5.41) is 10.3. The Morgan fingerprint density at radius 2 is 1.59 bits per heavy atom. The summed E-state index contributed by atoms with van der Waals surface area (Å²) in [6.07, 6.45) is 2.60. The summed E-state index contributed by atoms with van der Waals surface area (Å²) in [7, 11) is 0. The number of carboxylic acid groups (broad SMARTS) is 1. The minimum Gasteiger partial charge on any atom is -0.479 e. The van der Waals surface area contributed by atoms with Gasteiger partial charge in [-0.25, -0.2) is 4.79 Å². The first kappa shape index (κ1) is 24.1. The van der Waals surface area contributed by atoms with Crippen LogP contribution in [0.2, 0.25) is 0 Å². The Bertz CT molecular complexity index is 1200. The van der Waals surface area contributed by atoms with Crippen molar-refractivity contribution in [2.75, 3.05) is 0 Å². The summed E-state index contributed by atoms with van der Waals surface area (Å²) in [6.45, 7) is 14.4. The molecule has 0 amide bonds. The molecule has 4 rings (SSSR count). The van der Waals surface area contributed by atoms with E-state index in [1.165, 1.54) is 22.3 Å². The molecule has 0 bridgehead atoms. The maximum absolute atomic E-state index is 12.5. The first-order valence-electron chi connectivity index (χ1n) is 11.8. The molecule has 0 saturated heterocycles. The van der Waals surface area contributed by atoms with Gasteiger partial charge in [0.15, 0.2) is 6.10 Å². The van der Waals surface area contributed by atoms with Crippen molar-refractivity contribution in [2.24, 2.45) is 0 Å². The lowest BCUT2D eigenvalue weighted by molar-refractivity contribution is -0.160. The van der Waals surface area contributed by atoms with Gasteiger partial charge in [-0.05, 0) is 92.6 Å². The number of rotatable bonds is 6. The number of carboxylic acids is 1. The SMILES string of the molecule is Cc1ccc(-c2c(C)c3c(c(C)c2C(OC(C)(C)C)C(=O)O)CN(Cc2ccncc2)C3)cc1. The number of benzene rings is 2. The molecule has 1 aliphatic heterocycles. The molecule has 2 aromatic carbocycles. The Morgan fingerprint density at radius 3 is 2.15 bits per heavy atom. The predicted molar refractivity (Wildman–Crippen MR) is 134 cm³/mol. The Labute approximate surface area is 202 Å². The largest absolute Gasteiger partial charge is 0.479 e. The third-order valence-corrected chi connectivity index (χ3v) is 6.54. The summed E-state index contributed by atoms with van der Waals surface area (Å²) in [4.78, 5) is 19.1. The van der Waals surface area contributed by atoms with Gasteiger partial charge in [-0.2, -0.15) is 0 Å².